The average molecular weight is 360 g/mol. The van der Waals surface area contributed by atoms with E-state index in [0.29, 0.717) is 11.4 Å². The molecule has 1 heterocycles. The van der Waals surface area contributed by atoms with Gasteiger partial charge in [0.2, 0.25) is 0 Å². The van der Waals surface area contributed by atoms with Gasteiger partial charge in [0.25, 0.3) is 0 Å². The lowest BCUT2D eigenvalue weighted by atomic mass is 10.1. The van der Waals surface area contributed by atoms with Crippen LogP contribution in [0.3, 0.4) is 0 Å². The van der Waals surface area contributed by atoms with E-state index < -0.39 is 11.9 Å². The molecular formula is C19H24N2O5. The van der Waals surface area contributed by atoms with Gasteiger partial charge in [0, 0.05) is 28.9 Å². The van der Waals surface area contributed by atoms with Crippen LogP contribution in [0.5, 0.6) is 5.75 Å². The van der Waals surface area contributed by atoms with E-state index in [9.17, 15) is 9.59 Å². The first-order valence-corrected chi connectivity index (χ1v) is 8.40. The van der Waals surface area contributed by atoms with Gasteiger partial charge in [-0.2, -0.15) is 0 Å². The van der Waals surface area contributed by atoms with Crippen LogP contribution in [-0.2, 0) is 19.1 Å². The van der Waals surface area contributed by atoms with Crippen molar-refractivity contribution in [2.75, 3.05) is 25.6 Å². The molecule has 0 amide bonds. The molecule has 7 nitrogen and oxygen atoms in total. The number of carbonyl (C=O) groups excluding carboxylic acids is 2. The summed E-state index contributed by atoms with van der Waals surface area (Å²) in [6, 6.07) is 3.76. The maximum Gasteiger partial charge on any atom is 0.347 e. The van der Waals surface area contributed by atoms with Crippen LogP contribution in [0, 0.1) is 13.8 Å². The molecule has 0 aliphatic rings. The Morgan fingerprint density at radius 3 is 2.27 bits per heavy atom. The Kier molecular flexibility index (Phi) is 6.27. The quantitative estimate of drug-likeness (QED) is 0.341. The molecular weight excluding hydrogens is 336 g/mol. The largest absolute Gasteiger partial charge is 0.494 e. The lowest BCUT2D eigenvalue weighted by molar-refractivity contribution is -0.146. The number of hydrogen-bond acceptors (Lipinski definition) is 6. The third kappa shape index (κ3) is 3.99. The predicted octanol–water partition coefficient (Wildman–Crippen LogP) is 3.22. The molecule has 2 rings (SSSR count). The van der Waals surface area contributed by atoms with Gasteiger partial charge in [-0.05, 0) is 39.3 Å². The maximum absolute atomic E-state index is 12.0. The second-order valence-electron chi connectivity index (χ2n) is 5.62. The fraction of sp³-hybridized carbons (Fsp3) is 0.368. The predicted molar refractivity (Wildman–Crippen MR) is 99.3 cm³/mol. The Morgan fingerprint density at radius 1 is 1.12 bits per heavy atom. The Morgan fingerprint density at radius 2 is 1.73 bits per heavy atom. The zero-order valence-corrected chi connectivity index (χ0v) is 15.7. The van der Waals surface area contributed by atoms with Crippen LogP contribution < -0.4 is 10.1 Å². The fourth-order valence-corrected chi connectivity index (χ4v) is 2.54. The van der Waals surface area contributed by atoms with Crippen molar-refractivity contribution in [3.05, 3.63) is 35.2 Å². The zero-order chi connectivity index (χ0) is 19.3. The summed E-state index contributed by atoms with van der Waals surface area (Å²) in [6.45, 7) is 7.67. The molecule has 2 N–H and O–H groups in total. The summed E-state index contributed by atoms with van der Waals surface area (Å²) in [4.78, 5) is 27.4. The smallest absolute Gasteiger partial charge is 0.347 e. The molecule has 0 atom stereocenters. The van der Waals surface area contributed by atoms with Crippen LogP contribution in [-0.4, -0.2) is 37.2 Å². The number of anilines is 1. The van der Waals surface area contributed by atoms with Crippen molar-refractivity contribution in [1.29, 1.82) is 0 Å². The lowest BCUT2D eigenvalue weighted by Crippen LogP contribution is -2.19. The van der Waals surface area contributed by atoms with Gasteiger partial charge in [0.15, 0.2) is 5.57 Å². The normalized spacial score (nSPS) is 10.3. The summed E-state index contributed by atoms with van der Waals surface area (Å²) in [5.74, 6) is -0.915. The number of nitrogens with one attached hydrogen (secondary N) is 2. The summed E-state index contributed by atoms with van der Waals surface area (Å²) < 4.78 is 15.3. The Bertz CT molecular complexity index is 831. The van der Waals surface area contributed by atoms with E-state index in [1.165, 1.54) is 6.20 Å². The maximum atomic E-state index is 12.0. The molecule has 0 bridgehead atoms. The van der Waals surface area contributed by atoms with Crippen molar-refractivity contribution in [1.82, 2.24) is 4.98 Å². The molecule has 0 saturated heterocycles. The molecule has 1 aromatic carbocycles. The Hall–Kier alpha value is -2.96. The summed E-state index contributed by atoms with van der Waals surface area (Å²) in [5.41, 5.74) is 3.53. The Labute approximate surface area is 152 Å². The number of aryl methyl sites for hydroxylation is 2. The number of carbonyl (C=O) groups is 2. The first-order valence-electron chi connectivity index (χ1n) is 8.40. The van der Waals surface area contributed by atoms with E-state index in [-0.39, 0.29) is 18.8 Å². The van der Waals surface area contributed by atoms with Gasteiger partial charge in [-0.15, -0.1) is 0 Å². The fourth-order valence-electron chi connectivity index (χ4n) is 2.54. The molecule has 0 saturated carbocycles. The van der Waals surface area contributed by atoms with Crippen molar-refractivity contribution in [2.45, 2.75) is 27.7 Å². The van der Waals surface area contributed by atoms with Crippen molar-refractivity contribution in [2.24, 2.45) is 0 Å². The van der Waals surface area contributed by atoms with Crippen LogP contribution in [0.4, 0.5) is 5.69 Å². The summed E-state index contributed by atoms with van der Waals surface area (Å²) >= 11 is 0. The molecule has 1 aromatic heterocycles. The van der Waals surface area contributed by atoms with Crippen LogP contribution >= 0.6 is 0 Å². The number of aromatic amines is 1. The molecule has 26 heavy (non-hydrogen) atoms. The standard InChI is InChI=1S/C19H24N2O5/c1-6-25-18(22)14(19(23)26-7-2)10-20-16-8-13-11(3)12(4)21-15(13)9-17(16)24-5/h8-10,20-21H,6-7H2,1-5H3. The molecule has 0 aliphatic carbocycles. The van der Waals surface area contributed by atoms with Gasteiger partial charge < -0.3 is 24.5 Å². The molecule has 0 spiro atoms. The molecule has 0 unspecified atom stereocenters. The van der Waals surface area contributed by atoms with Gasteiger partial charge in [0.1, 0.15) is 5.75 Å². The monoisotopic (exact) mass is 360 g/mol. The highest BCUT2D eigenvalue weighted by Gasteiger charge is 2.21. The number of ether oxygens (including phenoxy) is 3. The van der Waals surface area contributed by atoms with Gasteiger partial charge >= 0.3 is 11.9 Å². The molecule has 0 aliphatic heterocycles. The highest BCUT2D eigenvalue weighted by molar-refractivity contribution is 6.14. The average Bonchev–Trinajstić information content (AvgIpc) is 2.88. The second kappa shape index (κ2) is 8.42. The van der Waals surface area contributed by atoms with Crippen LogP contribution in [0.15, 0.2) is 23.9 Å². The summed E-state index contributed by atoms with van der Waals surface area (Å²) in [7, 11) is 1.55. The van der Waals surface area contributed by atoms with Crippen LogP contribution in [0.25, 0.3) is 10.9 Å². The van der Waals surface area contributed by atoms with E-state index in [0.717, 1.165) is 22.2 Å². The number of methoxy groups -OCH3 is 1. The van der Waals surface area contributed by atoms with E-state index in [1.54, 1.807) is 21.0 Å². The van der Waals surface area contributed by atoms with Crippen molar-refractivity contribution in [3.8, 4) is 5.75 Å². The summed E-state index contributed by atoms with van der Waals surface area (Å²) in [6.07, 6.45) is 1.29. The third-order valence-corrected chi connectivity index (χ3v) is 3.99. The number of esters is 2. The number of aromatic nitrogens is 1. The minimum Gasteiger partial charge on any atom is -0.494 e. The van der Waals surface area contributed by atoms with E-state index >= 15 is 0 Å². The number of fused-ring (bicyclic) bond motifs is 1. The first-order chi connectivity index (χ1) is 12.4. The number of rotatable bonds is 7. The highest BCUT2D eigenvalue weighted by Crippen LogP contribution is 2.33. The first kappa shape index (κ1) is 19.4. The van der Waals surface area contributed by atoms with Crippen LogP contribution in [0.2, 0.25) is 0 Å². The van der Waals surface area contributed by atoms with Crippen molar-refractivity contribution < 1.29 is 23.8 Å². The summed E-state index contributed by atoms with van der Waals surface area (Å²) in [5, 5.41) is 3.99. The third-order valence-electron chi connectivity index (χ3n) is 3.99. The SMILES string of the molecule is CCOC(=O)C(=CNc1cc2c(C)c(C)[nH]c2cc1OC)C(=O)OCC. The Balaban J connectivity index is 2.42. The van der Waals surface area contributed by atoms with Crippen molar-refractivity contribution >= 4 is 28.5 Å². The van der Waals surface area contributed by atoms with Gasteiger partial charge in [-0.1, -0.05) is 0 Å². The minimum absolute atomic E-state index is 0.159. The minimum atomic E-state index is -0.743. The number of benzene rings is 1. The number of H-pyrrole nitrogens is 1. The van der Waals surface area contributed by atoms with E-state index in [2.05, 4.69) is 10.3 Å². The molecule has 0 radical (unpaired) electrons. The zero-order valence-electron chi connectivity index (χ0n) is 15.7. The molecule has 2 aromatic rings. The molecule has 7 heteroatoms. The second-order valence-corrected chi connectivity index (χ2v) is 5.62. The topological polar surface area (TPSA) is 89.6 Å². The lowest BCUT2D eigenvalue weighted by Gasteiger charge is -2.11. The van der Waals surface area contributed by atoms with Gasteiger partial charge in [-0.25, -0.2) is 9.59 Å². The molecule has 140 valence electrons. The van der Waals surface area contributed by atoms with E-state index in [1.807, 2.05) is 26.0 Å². The van der Waals surface area contributed by atoms with E-state index in [4.69, 9.17) is 14.2 Å². The van der Waals surface area contributed by atoms with Gasteiger partial charge in [-0.3, -0.25) is 0 Å². The van der Waals surface area contributed by atoms with Gasteiger partial charge in [0.05, 0.1) is 26.0 Å². The molecule has 0 fully saturated rings. The highest BCUT2D eigenvalue weighted by atomic mass is 16.6. The van der Waals surface area contributed by atoms with Crippen LogP contribution in [0.1, 0.15) is 25.1 Å². The van der Waals surface area contributed by atoms with Crippen molar-refractivity contribution in [3.63, 3.8) is 0 Å². The number of hydrogen-bond donors (Lipinski definition) is 2.